The first-order valence-corrected chi connectivity index (χ1v) is 5.04. The lowest BCUT2D eigenvalue weighted by atomic mass is 10.0. The van der Waals surface area contributed by atoms with E-state index in [-0.39, 0.29) is 29.5 Å². The van der Waals surface area contributed by atoms with E-state index in [1.54, 1.807) is 0 Å². The monoisotopic (exact) mass is 301 g/mol. The van der Waals surface area contributed by atoms with E-state index in [0.29, 0.717) is 0 Å². The second-order valence-electron chi connectivity index (χ2n) is 3.59. The third-order valence-corrected chi connectivity index (χ3v) is 2.47. The minimum Gasteiger partial charge on any atom is -0.493 e. The van der Waals surface area contributed by atoms with Crippen molar-refractivity contribution in [1.82, 2.24) is 0 Å². The van der Waals surface area contributed by atoms with Crippen LogP contribution in [0.5, 0.6) is 11.5 Å². The molecule has 0 heterocycles. The molecule has 0 aliphatic rings. The Morgan fingerprint density at radius 2 is 1.79 bits per heavy atom. The molecule has 1 aromatic rings. The Labute approximate surface area is 114 Å². The van der Waals surface area contributed by atoms with Gasteiger partial charge in [0.25, 0.3) is 0 Å². The van der Waals surface area contributed by atoms with Crippen molar-refractivity contribution < 1.29 is 27.8 Å². The predicted octanol–water partition coefficient (Wildman–Crippen LogP) is 2.05. The lowest BCUT2D eigenvalue weighted by Crippen LogP contribution is -2.39. The number of para-hydroxylation sites is 1. The summed E-state index contributed by atoms with van der Waals surface area (Å²) in [5.41, 5.74) is 5.45. The van der Waals surface area contributed by atoms with Crippen molar-refractivity contribution >= 4 is 12.4 Å². The zero-order valence-corrected chi connectivity index (χ0v) is 11.1. The molecule has 0 spiro atoms. The van der Waals surface area contributed by atoms with Gasteiger partial charge in [-0.15, -0.1) is 12.4 Å². The maximum absolute atomic E-state index is 12.4. The van der Waals surface area contributed by atoms with Gasteiger partial charge in [0, 0.05) is 5.56 Å². The molecular formula is C11H15ClF3NO3. The summed E-state index contributed by atoms with van der Waals surface area (Å²) in [5.74, 6) is 0.329. The molecule has 0 radical (unpaired) electrons. The van der Waals surface area contributed by atoms with Crippen molar-refractivity contribution in [3.05, 3.63) is 23.8 Å². The number of alkyl halides is 3. The first kappa shape index (κ1) is 17.8. The molecule has 0 unspecified atom stereocenters. The van der Waals surface area contributed by atoms with E-state index < -0.39 is 18.3 Å². The molecule has 0 aromatic heterocycles. The third-order valence-electron chi connectivity index (χ3n) is 2.47. The van der Waals surface area contributed by atoms with Crippen LogP contribution in [0.3, 0.4) is 0 Å². The van der Waals surface area contributed by atoms with E-state index in [2.05, 4.69) is 0 Å². The van der Waals surface area contributed by atoms with E-state index in [1.807, 2.05) is 0 Å². The summed E-state index contributed by atoms with van der Waals surface area (Å²) in [6.45, 7) is 0. The van der Waals surface area contributed by atoms with E-state index in [4.69, 9.17) is 20.3 Å². The molecule has 19 heavy (non-hydrogen) atoms. The molecule has 0 aliphatic carbocycles. The van der Waals surface area contributed by atoms with Crippen LogP contribution in [-0.2, 0) is 0 Å². The fourth-order valence-corrected chi connectivity index (χ4v) is 1.55. The Kier molecular flexibility index (Phi) is 6.41. The lowest BCUT2D eigenvalue weighted by Gasteiger charge is -2.23. The Morgan fingerprint density at radius 3 is 2.21 bits per heavy atom. The minimum absolute atomic E-state index is 0. The highest BCUT2D eigenvalue weighted by atomic mass is 35.5. The van der Waals surface area contributed by atoms with Crippen LogP contribution in [0.15, 0.2) is 18.2 Å². The van der Waals surface area contributed by atoms with Gasteiger partial charge in [-0.05, 0) is 6.07 Å². The highest BCUT2D eigenvalue weighted by Gasteiger charge is 2.43. The number of halogens is 4. The highest BCUT2D eigenvalue weighted by Crippen LogP contribution is 2.37. The second kappa shape index (κ2) is 6.83. The third kappa shape index (κ3) is 3.89. The molecule has 3 N–H and O–H groups in total. The number of benzene rings is 1. The maximum atomic E-state index is 12.4. The van der Waals surface area contributed by atoms with Crippen LogP contribution in [0.2, 0.25) is 0 Å². The Morgan fingerprint density at radius 1 is 1.21 bits per heavy atom. The normalized spacial score (nSPS) is 14.3. The average Bonchev–Trinajstić information content (AvgIpc) is 2.34. The second-order valence-corrected chi connectivity index (χ2v) is 3.59. The standard InChI is InChI=1S/C11H14F3NO3.ClH/c1-17-7-5-3-4-6(9(7)18-2)8(15)10(16)11(12,13)14;/h3-5,8,10,16H,15H2,1-2H3;1H/t8-,10-;/m1./s1. The van der Waals surface area contributed by atoms with E-state index in [1.165, 1.54) is 32.4 Å². The number of methoxy groups -OCH3 is 2. The first-order chi connectivity index (χ1) is 8.32. The van der Waals surface area contributed by atoms with Crippen molar-refractivity contribution in [3.63, 3.8) is 0 Å². The van der Waals surface area contributed by atoms with Gasteiger partial charge < -0.3 is 20.3 Å². The van der Waals surface area contributed by atoms with Crippen molar-refractivity contribution in [2.24, 2.45) is 5.73 Å². The smallest absolute Gasteiger partial charge is 0.416 e. The summed E-state index contributed by atoms with van der Waals surface area (Å²) in [7, 11) is 2.64. The molecule has 4 nitrogen and oxygen atoms in total. The fourth-order valence-electron chi connectivity index (χ4n) is 1.55. The lowest BCUT2D eigenvalue weighted by molar-refractivity contribution is -0.210. The van der Waals surface area contributed by atoms with E-state index in [9.17, 15) is 13.2 Å². The SMILES string of the molecule is COc1cccc([C@@H](N)[C@@H](O)C(F)(F)F)c1OC.Cl. The molecule has 1 rings (SSSR count). The Hall–Kier alpha value is -1.18. The van der Waals surface area contributed by atoms with Crippen LogP contribution in [0.25, 0.3) is 0 Å². The van der Waals surface area contributed by atoms with Crippen LogP contribution in [0.4, 0.5) is 13.2 Å². The van der Waals surface area contributed by atoms with Gasteiger partial charge in [-0.25, -0.2) is 0 Å². The van der Waals surface area contributed by atoms with Gasteiger partial charge in [0.05, 0.1) is 20.3 Å². The molecule has 110 valence electrons. The molecule has 1 aromatic carbocycles. The van der Waals surface area contributed by atoms with Gasteiger partial charge in [-0.2, -0.15) is 13.2 Å². The van der Waals surface area contributed by atoms with Crippen LogP contribution >= 0.6 is 12.4 Å². The van der Waals surface area contributed by atoms with Gasteiger partial charge in [-0.1, -0.05) is 12.1 Å². The average molecular weight is 302 g/mol. The molecule has 0 saturated heterocycles. The Balaban J connectivity index is 0.00000324. The molecule has 0 aliphatic heterocycles. The molecule has 8 heteroatoms. The van der Waals surface area contributed by atoms with Gasteiger partial charge >= 0.3 is 6.18 Å². The Bertz CT molecular complexity index is 415. The molecule has 0 bridgehead atoms. The number of rotatable bonds is 4. The van der Waals surface area contributed by atoms with E-state index in [0.717, 1.165) is 0 Å². The number of aliphatic hydroxyl groups is 1. The zero-order valence-electron chi connectivity index (χ0n) is 10.3. The molecule has 0 amide bonds. The number of ether oxygens (including phenoxy) is 2. The van der Waals surface area contributed by atoms with Crippen LogP contribution in [-0.4, -0.2) is 31.6 Å². The first-order valence-electron chi connectivity index (χ1n) is 5.04. The number of hydrogen-bond acceptors (Lipinski definition) is 4. The zero-order chi connectivity index (χ0) is 13.9. The molecular weight excluding hydrogens is 287 g/mol. The van der Waals surface area contributed by atoms with Crippen molar-refractivity contribution in [2.75, 3.05) is 14.2 Å². The maximum Gasteiger partial charge on any atom is 0.416 e. The van der Waals surface area contributed by atoms with Crippen molar-refractivity contribution in [3.8, 4) is 11.5 Å². The predicted molar refractivity (Wildman–Crippen MR) is 65.8 cm³/mol. The number of hydrogen-bond donors (Lipinski definition) is 2. The van der Waals surface area contributed by atoms with Crippen molar-refractivity contribution in [1.29, 1.82) is 0 Å². The minimum atomic E-state index is -4.80. The number of aliphatic hydroxyl groups excluding tert-OH is 1. The quantitative estimate of drug-likeness (QED) is 0.893. The summed E-state index contributed by atoms with van der Waals surface area (Å²) >= 11 is 0. The largest absolute Gasteiger partial charge is 0.493 e. The van der Waals surface area contributed by atoms with Crippen LogP contribution in [0.1, 0.15) is 11.6 Å². The van der Waals surface area contributed by atoms with Gasteiger partial charge in [-0.3, -0.25) is 0 Å². The van der Waals surface area contributed by atoms with Gasteiger partial charge in [0.15, 0.2) is 17.6 Å². The summed E-state index contributed by atoms with van der Waals surface area (Å²) in [5, 5.41) is 9.14. The summed E-state index contributed by atoms with van der Waals surface area (Å²) in [6.07, 6.45) is -7.47. The molecule has 2 atom stereocenters. The molecule has 0 fully saturated rings. The van der Waals surface area contributed by atoms with Crippen molar-refractivity contribution in [2.45, 2.75) is 18.3 Å². The highest BCUT2D eigenvalue weighted by molar-refractivity contribution is 5.85. The summed E-state index contributed by atoms with van der Waals surface area (Å²) in [4.78, 5) is 0. The van der Waals surface area contributed by atoms with Crippen LogP contribution in [0, 0.1) is 0 Å². The van der Waals surface area contributed by atoms with Gasteiger partial charge in [0.2, 0.25) is 0 Å². The summed E-state index contributed by atoms with van der Waals surface area (Å²) in [6, 6.07) is 2.70. The number of nitrogens with two attached hydrogens (primary N) is 1. The van der Waals surface area contributed by atoms with Gasteiger partial charge in [0.1, 0.15) is 0 Å². The fraction of sp³-hybridized carbons (Fsp3) is 0.455. The van der Waals surface area contributed by atoms with Crippen LogP contribution < -0.4 is 15.2 Å². The van der Waals surface area contributed by atoms with E-state index >= 15 is 0 Å². The topological polar surface area (TPSA) is 64.7 Å². The molecule has 0 saturated carbocycles. The summed E-state index contributed by atoms with van der Waals surface area (Å²) < 4.78 is 47.1.